The summed E-state index contributed by atoms with van der Waals surface area (Å²) in [6.07, 6.45) is 0.110. The molecule has 2 amide bonds. The summed E-state index contributed by atoms with van der Waals surface area (Å²) in [6, 6.07) is 23.6. The van der Waals surface area contributed by atoms with Crippen molar-refractivity contribution in [2.75, 3.05) is 6.61 Å². The molecule has 0 saturated carbocycles. The van der Waals surface area contributed by atoms with Crippen LogP contribution in [0.25, 0.3) is 11.1 Å². The van der Waals surface area contributed by atoms with E-state index in [1.54, 1.807) is 0 Å². The largest absolute Gasteiger partial charge is 0.480 e. The van der Waals surface area contributed by atoms with Crippen molar-refractivity contribution in [2.24, 2.45) is 0 Å². The van der Waals surface area contributed by atoms with E-state index in [2.05, 4.69) is 22.8 Å². The Morgan fingerprint density at radius 1 is 0.857 bits per heavy atom. The molecule has 0 saturated heterocycles. The lowest BCUT2D eigenvalue weighted by Gasteiger charge is -2.21. The molecule has 7 nitrogen and oxygen atoms in total. The number of carboxylic acids is 1. The Hall–Kier alpha value is -4.13. The molecule has 3 aromatic rings. The smallest absolute Gasteiger partial charge is 0.407 e. The summed E-state index contributed by atoms with van der Waals surface area (Å²) in [4.78, 5) is 36.7. The van der Waals surface area contributed by atoms with Crippen LogP contribution in [0.2, 0.25) is 0 Å². The molecule has 0 fully saturated rings. The maximum atomic E-state index is 12.8. The first-order valence-electron chi connectivity index (χ1n) is 11.6. The summed E-state index contributed by atoms with van der Waals surface area (Å²) in [5, 5.41) is 14.2. The van der Waals surface area contributed by atoms with Gasteiger partial charge in [-0.1, -0.05) is 78.9 Å². The molecule has 1 unspecified atom stereocenters. The number of benzene rings is 3. The van der Waals surface area contributed by atoms with Crippen LogP contribution >= 0.6 is 0 Å². The number of alkyl carbamates (subject to hydrolysis) is 1. The van der Waals surface area contributed by atoms with Gasteiger partial charge in [-0.2, -0.15) is 0 Å². The van der Waals surface area contributed by atoms with Gasteiger partial charge in [0.2, 0.25) is 5.91 Å². The van der Waals surface area contributed by atoms with E-state index in [0.29, 0.717) is 12.8 Å². The Morgan fingerprint density at radius 3 is 2.03 bits per heavy atom. The third kappa shape index (κ3) is 5.69. The first-order valence-corrected chi connectivity index (χ1v) is 11.6. The van der Waals surface area contributed by atoms with Crippen LogP contribution in [0, 0.1) is 0 Å². The van der Waals surface area contributed by atoms with Gasteiger partial charge in [-0.05, 0) is 47.6 Å². The summed E-state index contributed by atoms with van der Waals surface area (Å²) in [5.41, 5.74) is 5.44. The fourth-order valence-corrected chi connectivity index (χ4v) is 4.38. The Balaban J connectivity index is 1.42. The van der Waals surface area contributed by atoms with E-state index in [1.165, 1.54) is 6.92 Å². The van der Waals surface area contributed by atoms with Crippen molar-refractivity contribution in [3.05, 3.63) is 95.6 Å². The molecule has 2 atom stereocenters. The predicted molar refractivity (Wildman–Crippen MR) is 132 cm³/mol. The van der Waals surface area contributed by atoms with E-state index in [4.69, 9.17) is 9.84 Å². The average molecular weight is 473 g/mol. The Bertz CT molecular complexity index is 1170. The summed E-state index contributed by atoms with van der Waals surface area (Å²) >= 11 is 0. The first kappa shape index (κ1) is 24.0. The maximum Gasteiger partial charge on any atom is 0.407 e. The lowest BCUT2D eigenvalue weighted by atomic mass is 9.98. The quantitative estimate of drug-likeness (QED) is 0.435. The molecule has 0 heterocycles. The summed E-state index contributed by atoms with van der Waals surface area (Å²) < 4.78 is 5.58. The molecule has 0 spiro atoms. The van der Waals surface area contributed by atoms with Crippen molar-refractivity contribution < 1.29 is 24.2 Å². The minimum absolute atomic E-state index is 0.100. The van der Waals surface area contributed by atoms with Gasteiger partial charge in [0.15, 0.2) is 0 Å². The van der Waals surface area contributed by atoms with Crippen molar-refractivity contribution in [1.82, 2.24) is 10.6 Å². The number of fused-ring (bicyclic) bond motifs is 3. The van der Waals surface area contributed by atoms with Gasteiger partial charge in [0.25, 0.3) is 0 Å². The van der Waals surface area contributed by atoms with Gasteiger partial charge < -0.3 is 20.5 Å². The molecule has 0 radical (unpaired) electrons. The van der Waals surface area contributed by atoms with E-state index < -0.39 is 30.1 Å². The molecule has 0 bridgehead atoms. The molecule has 3 aromatic carbocycles. The standard InChI is InChI=1S/C28H28N2O5/c1-18(27(32)33)29-26(31)25(16-15-19-9-3-2-4-10-19)30-28(34)35-17-24-22-13-7-5-11-20(22)21-12-6-8-14-23(21)24/h2-14,18,24-25H,15-17H2,1H3,(H,29,31)(H,30,34)(H,32,33)/t18-,25?/m0/s1. The number of carbonyl (C=O) groups is 3. The molecular weight excluding hydrogens is 444 g/mol. The highest BCUT2D eigenvalue weighted by Crippen LogP contribution is 2.44. The normalized spacial score (nSPS) is 13.7. The van der Waals surface area contributed by atoms with Crippen LogP contribution < -0.4 is 10.6 Å². The predicted octanol–water partition coefficient (Wildman–Crippen LogP) is 4.12. The van der Waals surface area contributed by atoms with Crippen molar-refractivity contribution in [3.8, 4) is 11.1 Å². The zero-order chi connectivity index (χ0) is 24.8. The monoisotopic (exact) mass is 472 g/mol. The van der Waals surface area contributed by atoms with Crippen LogP contribution in [-0.2, 0) is 20.7 Å². The molecule has 180 valence electrons. The average Bonchev–Trinajstić information content (AvgIpc) is 3.19. The molecule has 35 heavy (non-hydrogen) atoms. The first-order chi connectivity index (χ1) is 16.9. The Kier molecular flexibility index (Phi) is 7.45. The van der Waals surface area contributed by atoms with Crippen LogP contribution in [0.4, 0.5) is 4.79 Å². The molecule has 1 aliphatic rings. The fraction of sp³-hybridized carbons (Fsp3) is 0.250. The van der Waals surface area contributed by atoms with Gasteiger partial charge in [0.1, 0.15) is 18.7 Å². The number of hydrogen-bond acceptors (Lipinski definition) is 4. The van der Waals surface area contributed by atoms with Gasteiger partial charge >= 0.3 is 12.1 Å². The highest BCUT2D eigenvalue weighted by Gasteiger charge is 2.30. The Labute approximate surface area is 204 Å². The number of carboxylic acid groups (broad SMARTS) is 1. The molecule has 0 aliphatic heterocycles. The van der Waals surface area contributed by atoms with Crippen molar-refractivity contribution in [2.45, 2.75) is 37.8 Å². The lowest BCUT2D eigenvalue weighted by molar-refractivity contribution is -0.141. The minimum Gasteiger partial charge on any atom is -0.480 e. The van der Waals surface area contributed by atoms with Gasteiger partial charge in [-0.15, -0.1) is 0 Å². The van der Waals surface area contributed by atoms with E-state index in [0.717, 1.165) is 27.8 Å². The van der Waals surface area contributed by atoms with Gasteiger partial charge in [-0.25, -0.2) is 4.79 Å². The Morgan fingerprint density at radius 2 is 1.43 bits per heavy atom. The lowest BCUT2D eigenvalue weighted by Crippen LogP contribution is -2.51. The van der Waals surface area contributed by atoms with Gasteiger partial charge in [0, 0.05) is 5.92 Å². The number of amides is 2. The number of hydrogen-bond donors (Lipinski definition) is 3. The summed E-state index contributed by atoms with van der Waals surface area (Å²) in [7, 11) is 0. The molecule has 3 N–H and O–H groups in total. The summed E-state index contributed by atoms with van der Waals surface area (Å²) in [5.74, 6) is -1.82. The van der Waals surface area contributed by atoms with Crippen LogP contribution in [-0.4, -0.2) is 41.8 Å². The highest BCUT2D eigenvalue weighted by atomic mass is 16.5. The second-order valence-electron chi connectivity index (χ2n) is 8.62. The third-order valence-electron chi connectivity index (χ3n) is 6.25. The molecule has 4 rings (SSSR count). The molecule has 0 aromatic heterocycles. The number of rotatable bonds is 9. The number of ether oxygens (including phenoxy) is 1. The third-order valence-corrected chi connectivity index (χ3v) is 6.25. The second-order valence-corrected chi connectivity index (χ2v) is 8.62. The zero-order valence-electron chi connectivity index (χ0n) is 19.4. The minimum atomic E-state index is -1.15. The van der Waals surface area contributed by atoms with Gasteiger partial charge in [-0.3, -0.25) is 9.59 Å². The van der Waals surface area contributed by atoms with E-state index in [9.17, 15) is 14.4 Å². The molecular formula is C28H28N2O5. The SMILES string of the molecule is C[C@H](NC(=O)C(CCc1ccccc1)NC(=O)OCC1c2ccccc2-c2ccccc21)C(=O)O. The van der Waals surface area contributed by atoms with Crippen molar-refractivity contribution >= 4 is 18.0 Å². The van der Waals surface area contributed by atoms with Crippen LogP contribution in [0.15, 0.2) is 78.9 Å². The molecule has 1 aliphatic carbocycles. The van der Waals surface area contributed by atoms with E-state index in [-0.39, 0.29) is 12.5 Å². The van der Waals surface area contributed by atoms with E-state index >= 15 is 0 Å². The summed E-state index contributed by atoms with van der Waals surface area (Å²) in [6.45, 7) is 1.50. The van der Waals surface area contributed by atoms with Crippen LogP contribution in [0.1, 0.15) is 36.0 Å². The molecule has 7 heteroatoms. The van der Waals surface area contributed by atoms with Crippen LogP contribution in [0.3, 0.4) is 0 Å². The maximum absolute atomic E-state index is 12.8. The second kappa shape index (κ2) is 10.9. The van der Waals surface area contributed by atoms with E-state index in [1.807, 2.05) is 66.7 Å². The van der Waals surface area contributed by atoms with Crippen molar-refractivity contribution in [3.63, 3.8) is 0 Å². The van der Waals surface area contributed by atoms with Crippen LogP contribution in [0.5, 0.6) is 0 Å². The fourth-order valence-electron chi connectivity index (χ4n) is 4.38. The van der Waals surface area contributed by atoms with Gasteiger partial charge in [0.05, 0.1) is 0 Å². The number of carbonyl (C=O) groups excluding carboxylic acids is 2. The number of aryl methyl sites for hydroxylation is 1. The number of nitrogens with one attached hydrogen (secondary N) is 2. The number of aliphatic carboxylic acids is 1. The van der Waals surface area contributed by atoms with Crippen molar-refractivity contribution in [1.29, 1.82) is 0 Å². The zero-order valence-corrected chi connectivity index (χ0v) is 19.4. The highest BCUT2D eigenvalue weighted by molar-refractivity contribution is 5.89. The topological polar surface area (TPSA) is 105 Å².